The number of carboxylic acid groups (broad SMARTS) is 1. The third-order valence-electron chi connectivity index (χ3n) is 4.32. The van der Waals surface area contributed by atoms with Crippen LogP contribution in [-0.2, 0) is 10.0 Å². The van der Waals surface area contributed by atoms with Crippen LogP contribution in [0.4, 0.5) is 11.4 Å². The molecule has 10 heteroatoms. The molecule has 0 aromatic heterocycles. The van der Waals surface area contributed by atoms with Crippen molar-refractivity contribution in [3.63, 3.8) is 0 Å². The van der Waals surface area contributed by atoms with Crippen LogP contribution in [0.25, 0.3) is 0 Å². The molecule has 1 heterocycles. The molecular formula is C21H17N3O6S. The molecule has 0 saturated heterocycles. The lowest BCUT2D eigenvalue weighted by molar-refractivity contribution is 0.0696. The second kappa shape index (κ2) is 8.33. The number of Topliss-reactive ketones (excluding diaryl/α,β-unsaturated/α-hetero) is 1. The molecule has 9 nitrogen and oxygen atoms in total. The molecule has 0 bridgehead atoms. The molecule has 2 aromatic carbocycles. The van der Waals surface area contributed by atoms with Crippen LogP contribution in [-0.4, -0.2) is 38.6 Å². The van der Waals surface area contributed by atoms with E-state index in [1.165, 1.54) is 54.6 Å². The van der Waals surface area contributed by atoms with E-state index < -0.39 is 21.8 Å². The van der Waals surface area contributed by atoms with Crippen LogP contribution in [0.3, 0.4) is 0 Å². The van der Waals surface area contributed by atoms with Gasteiger partial charge in [0.05, 0.1) is 17.5 Å². The molecule has 0 radical (unpaired) electrons. The van der Waals surface area contributed by atoms with Crippen LogP contribution < -0.4 is 14.4 Å². The Kier molecular flexibility index (Phi) is 5.81. The van der Waals surface area contributed by atoms with Crippen molar-refractivity contribution in [2.45, 2.75) is 0 Å². The van der Waals surface area contributed by atoms with Gasteiger partial charge in [-0.1, -0.05) is 0 Å². The maximum absolute atomic E-state index is 12.6. The van der Waals surface area contributed by atoms with Crippen molar-refractivity contribution in [3.05, 3.63) is 77.2 Å². The van der Waals surface area contributed by atoms with Crippen LogP contribution in [0, 0.1) is 11.3 Å². The number of carbonyl (C=O) groups is 2. The number of allylic oxidation sites excluding steroid dienone is 3. The topological polar surface area (TPSA) is 137 Å². The Morgan fingerprint density at radius 1 is 1.16 bits per heavy atom. The summed E-state index contributed by atoms with van der Waals surface area (Å²) < 4.78 is 30.5. The fraction of sp³-hybridized carbons (Fsp3) is 0.0952. The van der Waals surface area contributed by atoms with Crippen molar-refractivity contribution >= 4 is 33.2 Å². The van der Waals surface area contributed by atoms with Crippen LogP contribution >= 0.6 is 0 Å². The zero-order valence-electron chi connectivity index (χ0n) is 16.5. The van der Waals surface area contributed by atoms with Crippen molar-refractivity contribution in [1.29, 1.82) is 5.26 Å². The molecule has 158 valence electrons. The maximum Gasteiger partial charge on any atom is 0.335 e. The van der Waals surface area contributed by atoms with E-state index in [1.54, 1.807) is 11.9 Å². The summed E-state index contributed by atoms with van der Waals surface area (Å²) in [5.74, 6) is -0.850. The number of hydrogen-bond acceptors (Lipinski definition) is 7. The van der Waals surface area contributed by atoms with E-state index in [0.717, 1.165) is 6.26 Å². The Morgan fingerprint density at radius 2 is 1.81 bits per heavy atom. The Balaban J connectivity index is 1.82. The van der Waals surface area contributed by atoms with Gasteiger partial charge in [-0.3, -0.25) is 9.52 Å². The average molecular weight is 439 g/mol. The molecule has 0 unspecified atom stereocenters. The number of nitrogens with one attached hydrogen (secondary N) is 1. The van der Waals surface area contributed by atoms with Crippen LogP contribution in [0.15, 0.2) is 66.1 Å². The number of nitrogens with zero attached hydrogens (tertiary/aromatic N) is 2. The van der Waals surface area contributed by atoms with Crippen LogP contribution in [0.5, 0.6) is 5.75 Å². The first-order valence-corrected chi connectivity index (χ1v) is 10.7. The summed E-state index contributed by atoms with van der Waals surface area (Å²) in [6.07, 6.45) is 3.76. The van der Waals surface area contributed by atoms with E-state index in [-0.39, 0.29) is 16.7 Å². The summed E-state index contributed by atoms with van der Waals surface area (Å²) in [7, 11) is -1.78. The average Bonchev–Trinajstić information content (AvgIpc) is 3.03. The number of carbonyl (C=O) groups excluding carboxylic acids is 1. The number of benzene rings is 2. The number of fused-ring (bicyclic) bond motifs is 1. The highest BCUT2D eigenvalue weighted by Crippen LogP contribution is 2.38. The lowest BCUT2D eigenvalue weighted by Crippen LogP contribution is -2.13. The summed E-state index contributed by atoms with van der Waals surface area (Å²) in [4.78, 5) is 25.4. The largest absolute Gasteiger partial charge is 0.478 e. The first kappa shape index (κ1) is 21.6. The van der Waals surface area contributed by atoms with Gasteiger partial charge in [-0.05, 0) is 48.5 Å². The highest BCUT2D eigenvalue weighted by molar-refractivity contribution is 7.92. The third-order valence-corrected chi connectivity index (χ3v) is 4.93. The van der Waals surface area contributed by atoms with Gasteiger partial charge in [0.1, 0.15) is 11.6 Å². The van der Waals surface area contributed by atoms with Gasteiger partial charge in [-0.15, -0.1) is 0 Å². The first-order valence-electron chi connectivity index (χ1n) is 8.82. The van der Waals surface area contributed by atoms with Gasteiger partial charge in [-0.25, -0.2) is 13.2 Å². The number of sulfonamides is 1. The summed E-state index contributed by atoms with van der Waals surface area (Å²) in [5, 5.41) is 18.5. The SMILES string of the molecule is CN1C(=CC=C(C#N)C(=O)c2ccc(NS(C)(=O)=O)cc2)Oc2ccc(C(=O)O)cc21. The van der Waals surface area contributed by atoms with E-state index in [1.807, 2.05) is 6.07 Å². The number of nitriles is 1. The Morgan fingerprint density at radius 3 is 2.39 bits per heavy atom. The predicted molar refractivity (Wildman–Crippen MR) is 113 cm³/mol. The van der Waals surface area contributed by atoms with E-state index in [0.29, 0.717) is 23.0 Å². The minimum absolute atomic E-state index is 0.104. The number of ketones is 1. The third kappa shape index (κ3) is 4.91. The minimum Gasteiger partial charge on any atom is -0.478 e. The number of ether oxygens (including phenoxy) is 1. The Bertz CT molecular complexity index is 1270. The lowest BCUT2D eigenvalue weighted by atomic mass is 10.0. The number of carboxylic acids is 1. The van der Waals surface area contributed by atoms with Gasteiger partial charge in [0.15, 0.2) is 11.6 Å². The van der Waals surface area contributed by atoms with E-state index >= 15 is 0 Å². The molecule has 31 heavy (non-hydrogen) atoms. The monoisotopic (exact) mass is 439 g/mol. The predicted octanol–water partition coefficient (Wildman–Crippen LogP) is 2.76. The van der Waals surface area contributed by atoms with Crippen molar-refractivity contribution in [2.24, 2.45) is 0 Å². The van der Waals surface area contributed by atoms with Crippen LogP contribution in [0.1, 0.15) is 20.7 Å². The number of anilines is 2. The van der Waals surface area contributed by atoms with E-state index in [4.69, 9.17) is 9.84 Å². The van der Waals surface area contributed by atoms with E-state index in [2.05, 4.69) is 4.72 Å². The molecule has 1 aliphatic heterocycles. The summed E-state index contributed by atoms with van der Waals surface area (Å²) >= 11 is 0. The molecule has 0 atom stereocenters. The zero-order chi connectivity index (χ0) is 22.8. The van der Waals surface area contributed by atoms with E-state index in [9.17, 15) is 23.3 Å². The van der Waals surface area contributed by atoms with Gasteiger partial charge >= 0.3 is 5.97 Å². The summed E-state index contributed by atoms with van der Waals surface area (Å²) in [6, 6.07) is 11.9. The van der Waals surface area contributed by atoms with Crippen molar-refractivity contribution in [2.75, 3.05) is 22.9 Å². The van der Waals surface area contributed by atoms with Crippen LogP contribution in [0.2, 0.25) is 0 Å². The highest BCUT2D eigenvalue weighted by atomic mass is 32.2. The molecule has 2 aromatic rings. The van der Waals surface area contributed by atoms with Crippen molar-refractivity contribution < 1.29 is 27.9 Å². The molecule has 0 aliphatic carbocycles. The fourth-order valence-corrected chi connectivity index (χ4v) is 3.39. The summed E-state index contributed by atoms with van der Waals surface area (Å²) in [5.41, 5.74) is 0.991. The van der Waals surface area contributed by atoms with Gasteiger partial charge in [-0.2, -0.15) is 5.26 Å². The molecule has 0 fully saturated rings. The standard InChI is InChI=1S/C21H17N3O6S/c1-24-17-11-14(21(26)27)5-9-18(17)30-19(24)10-6-15(12-22)20(25)13-3-7-16(8-4-13)23-31(2,28)29/h3-11,23H,1-2H3,(H,26,27). The minimum atomic E-state index is -3.44. The molecular weight excluding hydrogens is 422 g/mol. The molecule has 0 saturated carbocycles. The highest BCUT2D eigenvalue weighted by Gasteiger charge is 2.24. The Labute approximate surface area is 178 Å². The smallest absolute Gasteiger partial charge is 0.335 e. The van der Waals surface area contributed by atoms with Gasteiger partial charge < -0.3 is 14.7 Å². The first-order chi connectivity index (χ1) is 14.6. The normalized spacial score (nSPS) is 14.5. The second-order valence-electron chi connectivity index (χ2n) is 6.63. The maximum atomic E-state index is 12.6. The molecule has 3 rings (SSSR count). The number of aromatic carboxylic acids is 1. The number of rotatable bonds is 6. The van der Waals surface area contributed by atoms with Gasteiger partial charge in [0.25, 0.3) is 0 Å². The molecule has 2 N–H and O–H groups in total. The van der Waals surface area contributed by atoms with Gasteiger partial charge in [0.2, 0.25) is 15.8 Å². The lowest BCUT2D eigenvalue weighted by Gasteiger charge is -2.10. The second-order valence-corrected chi connectivity index (χ2v) is 8.37. The van der Waals surface area contributed by atoms with Gasteiger partial charge in [0, 0.05) is 24.4 Å². The molecule has 0 spiro atoms. The fourth-order valence-electron chi connectivity index (χ4n) is 2.82. The van der Waals surface area contributed by atoms with Crippen molar-refractivity contribution in [3.8, 4) is 11.8 Å². The molecule has 0 amide bonds. The Hall–Kier alpha value is -4.10. The summed E-state index contributed by atoms with van der Waals surface area (Å²) in [6.45, 7) is 0. The van der Waals surface area contributed by atoms with Crippen molar-refractivity contribution in [1.82, 2.24) is 0 Å². The molecule has 1 aliphatic rings. The quantitative estimate of drug-likeness (QED) is 0.398. The zero-order valence-corrected chi connectivity index (χ0v) is 17.3. The number of hydrogen-bond donors (Lipinski definition) is 2.